The third-order valence-corrected chi connectivity index (χ3v) is 17.4. The van der Waals surface area contributed by atoms with Crippen LogP contribution < -0.4 is 10.5 Å². The van der Waals surface area contributed by atoms with Gasteiger partial charge in [0, 0.05) is 22.6 Å². The van der Waals surface area contributed by atoms with Crippen LogP contribution in [0.5, 0.6) is 11.5 Å². The van der Waals surface area contributed by atoms with E-state index < -0.39 is 73.0 Å². The van der Waals surface area contributed by atoms with Crippen molar-refractivity contribution in [1.29, 1.82) is 0 Å². The molecule has 2 aromatic rings. The zero-order chi connectivity index (χ0) is 37.3. The molecular weight excluding hydrogens is 673 g/mol. The van der Waals surface area contributed by atoms with Crippen LogP contribution in [0.1, 0.15) is 65.7 Å². The number of hydrogen-bond donors (Lipinski definition) is 3. The van der Waals surface area contributed by atoms with Crippen LogP contribution >= 0.6 is 0 Å². The summed E-state index contributed by atoms with van der Waals surface area (Å²) >= 11 is 0. The molecule has 0 saturated heterocycles. The summed E-state index contributed by atoms with van der Waals surface area (Å²) in [6.07, 6.45) is -1.85. The van der Waals surface area contributed by atoms with Crippen LogP contribution in [0.4, 0.5) is 14.5 Å². The molecular formula is C40H51F2NO7Si. The fraction of sp³-hybridized carbons (Fsp3) is 0.550. The second-order valence-corrected chi connectivity index (χ2v) is 21.8. The molecule has 4 N–H and O–H groups in total. The van der Waals surface area contributed by atoms with E-state index >= 15 is 8.78 Å². The fourth-order valence-corrected chi connectivity index (χ4v) is 10.0. The van der Waals surface area contributed by atoms with Crippen molar-refractivity contribution in [1.82, 2.24) is 0 Å². The smallest absolute Gasteiger partial charge is 0.192 e. The van der Waals surface area contributed by atoms with E-state index in [0.717, 1.165) is 6.08 Å². The topological polar surface area (TPSA) is 128 Å². The molecule has 4 aliphatic carbocycles. The van der Waals surface area contributed by atoms with Crippen molar-refractivity contribution in [2.24, 2.45) is 28.6 Å². The molecule has 6 rings (SSSR count). The van der Waals surface area contributed by atoms with Crippen LogP contribution in [-0.4, -0.2) is 60.8 Å². The van der Waals surface area contributed by atoms with Crippen molar-refractivity contribution in [2.75, 3.05) is 12.3 Å². The van der Waals surface area contributed by atoms with E-state index in [-0.39, 0.29) is 42.3 Å². The Morgan fingerprint density at radius 2 is 1.65 bits per heavy atom. The highest BCUT2D eigenvalue weighted by molar-refractivity contribution is 6.74. The summed E-state index contributed by atoms with van der Waals surface area (Å²) < 4.78 is 52.5. The molecule has 8 nitrogen and oxygen atoms in total. The summed E-state index contributed by atoms with van der Waals surface area (Å²) in [4.78, 5) is 26.6. The van der Waals surface area contributed by atoms with Crippen LogP contribution in [0.2, 0.25) is 18.1 Å². The number of allylic oxidation sites excluding steroid dienone is 4. The van der Waals surface area contributed by atoms with E-state index in [1.807, 2.05) is 6.92 Å². The van der Waals surface area contributed by atoms with E-state index in [1.54, 1.807) is 55.5 Å². The van der Waals surface area contributed by atoms with Gasteiger partial charge in [0.2, 0.25) is 0 Å². The van der Waals surface area contributed by atoms with Gasteiger partial charge in [0.1, 0.15) is 17.7 Å². The largest absolute Gasteiger partial charge is 0.457 e. The summed E-state index contributed by atoms with van der Waals surface area (Å²) in [7, 11) is -2.36. The van der Waals surface area contributed by atoms with Gasteiger partial charge < -0.3 is 29.8 Å². The van der Waals surface area contributed by atoms with Crippen LogP contribution in [0, 0.1) is 28.6 Å². The van der Waals surface area contributed by atoms with Gasteiger partial charge in [-0.25, -0.2) is 8.78 Å². The predicted octanol–water partition coefficient (Wildman–Crippen LogP) is 7.57. The number of hydrogen-bond acceptors (Lipinski definition) is 8. The molecule has 11 heteroatoms. The zero-order valence-electron chi connectivity index (χ0n) is 30.5. The van der Waals surface area contributed by atoms with Gasteiger partial charge in [-0.15, -0.1) is 0 Å². The number of nitrogen functional groups attached to an aromatic ring is 1. The van der Waals surface area contributed by atoms with E-state index in [9.17, 15) is 19.8 Å². The first-order valence-corrected chi connectivity index (χ1v) is 20.7. The Bertz CT molecular complexity index is 1720. The molecule has 1 unspecified atom stereocenters. The minimum atomic E-state index is -2.36. The lowest BCUT2D eigenvalue weighted by Gasteiger charge is -2.62. The van der Waals surface area contributed by atoms with Crippen LogP contribution in [0.3, 0.4) is 0 Å². The van der Waals surface area contributed by atoms with Gasteiger partial charge in [-0.05, 0) is 110 Å². The summed E-state index contributed by atoms with van der Waals surface area (Å²) in [5, 5.41) is 23.1. The Hall–Kier alpha value is -3.22. The monoisotopic (exact) mass is 723 g/mol. The molecule has 0 spiro atoms. The average Bonchev–Trinajstić information content (AvgIpc) is 3.34. The Morgan fingerprint density at radius 1 is 1.04 bits per heavy atom. The molecule has 0 aromatic heterocycles. The van der Waals surface area contributed by atoms with Crippen molar-refractivity contribution in [3.8, 4) is 11.5 Å². The minimum absolute atomic E-state index is 0.0387. The average molecular weight is 724 g/mol. The number of aliphatic hydroxyl groups is 2. The van der Waals surface area contributed by atoms with Gasteiger partial charge in [0.15, 0.2) is 31.8 Å². The summed E-state index contributed by atoms with van der Waals surface area (Å²) in [6.45, 7) is 13.6. The standard InChI is InChI=1S/C40H51F2NO7Si/c1-37(2,3)51(6,7)48-22-32(45)35-33(50-36(47)23-8-12-26(13-9-23)49-27-14-10-24(43)11-15-27)20-28-29-19-31(41)30-18-25(44)16-17-39(30,5)40(29,42)34(46)21-38(28,35)4/h8-18,28-29,31,33-36,46-47H,19-22,43H2,1-7H3/t28-,29-,31-,33+,34-,35-,36?,38-,39-,40-/m0/s1. The molecule has 3 saturated carbocycles. The second-order valence-electron chi connectivity index (χ2n) is 16.9. The molecule has 3 fully saturated rings. The lowest BCUT2D eigenvalue weighted by atomic mass is 9.45. The third kappa shape index (κ3) is 6.32. The number of carbonyl (C=O) groups excluding carboxylic acids is 2. The van der Waals surface area contributed by atoms with E-state index in [4.69, 9.17) is 19.6 Å². The molecule has 0 aliphatic heterocycles. The first-order valence-electron chi connectivity index (χ1n) is 17.8. The van der Waals surface area contributed by atoms with Gasteiger partial charge >= 0.3 is 0 Å². The molecule has 4 aliphatic rings. The number of ketones is 2. The first-order chi connectivity index (χ1) is 23.7. The maximum absolute atomic E-state index is 17.8. The minimum Gasteiger partial charge on any atom is -0.457 e. The van der Waals surface area contributed by atoms with Crippen molar-refractivity contribution >= 4 is 25.6 Å². The summed E-state index contributed by atoms with van der Waals surface area (Å²) in [5.41, 5.74) is 1.98. The van der Waals surface area contributed by atoms with Gasteiger partial charge in [-0.3, -0.25) is 9.59 Å². The number of alkyl halides is 2. The first kappa shape index (κ1) is 37.5. The fourth-order valence-electron chi connectivity index (χ4n) is 9.08. The van der Waals surface area contributed by atoms with Gasteiger partial charge in [0.25, 0.3) is 0 Å². The molecule has 0 heterocycles. The van der Waals surface area contributed by atoms with Crippen molar-refractivity contribution < 1.29 is 42.5 Å². The number of anilines is 1. The number of Topliss-reactive ketones (excluding diaryl/α,β-unsaturated/α-hetero) is 1. The quantitative estimate of drug-likeness (QED) is 0.137. The zero-order valence-corrected chi connectivity index (χ0v) is 31.5. The highest BCUT2D eigenvalue weighted by Crippen LogP contribution is 2.69. The highest BCUT2D eigenvalue weighted by atomic mass is 28.4. The SMILES string of the molecule is CC(C)(C)[Si](C)(C)OCC(=O)[C@H]1[C@H](OC(O)c2ccc(Oc3ccc(N)cc3)cc2)C[C@H]2[C@@H]3C[C@H](F)C4=CC(=O)C=C[C@]4(C)[C@@]3(F)[C@@H](O)C[C@@]21C. The van der Waals surface area contributed by atoms with Crippen molar-refractivity contribution in [3.05, 3.63) is 77.9 Å². The Morgan fingerprint density at radius 3 is 2.25 bits per heavy atom. The number of nitrogens with two attached hydrogens (primary N) is 1. The van der Waals surface area contributed by atoms with Crippen molar-refractivity contribution in [3.63, 3.8) is 0 Å². The number of ether oxygens (including phenoxy) is 2. The van der Waals surface area contributed by atoms with Crippen LogP contribution in [-0.2, 0) is 18.8 Å². The Balaban J connectivity index is 1.31. The van der Waals surface area contributed by atoms with Crippen LogP contribution in [0.15, 0.2) is 72.3 Å². The van der Waals surface area contributed by atoms with E-state index in [1.165, 1.54) is 12.2 Å². The number of benzene rings is 2. The normalized spacial score (nSPS) is 35.4. The molecule has 0 amide bonds. The molecule has 10 atom stereocenters. The maximum atomic E-state index is 17.8. The molecule has 276 valence electrons. The lowest BCUT2D eigenvalue weighted by Crippen LogP contribution is -2.68. The molecule has 2 aromatic carbocycles. The number of rotatable bonds is 9. The number of aliphatic hydroxyl groups excluding tert-OH is 2. The molecule has 51 heavy (non-hydrogen) atoms. The Kier molecular flexibility index (Phi) is 9.58. The predicted molar refractivity (Wildman–Crippen MR) is 193 cm³/mol. The van der Waals surface area contributed by atoms with E-state index in [2.05, 4.69) is 33.9 Å². The second kappa shape index (κ2) is 13.0. The third-order valence-electron chi connectivity index (χ3n) is 12.9. The lowest BCUT2D eigenvalue weighted by molar-refractivity contribution is -0.203. The summed E-state index contributed by atoms with van der Waals surface area (Å²) in [6, 6.07) is 13.6. The van der Waals surface area contributed by atoms with E-state index in [0.29, 0.717) is 22.7 Å². The number of fused-ring (bicyclic) bond motifs is 5. The maximum Gasteiger partial charge on any atom is 0.192 e. The summed E-state index contributed by atoms with van der Waals surface area (Å²) in [5.74, 6) is -2.00. The van der Waals surface area contributed by atoms with Gasteiger partial charge in [-0.2, -0.15) is 0 Å². The number of carbonyl (C=O) groups is 2. The molecule has 0 radical (unpaired) electrons. The highest BCUT2D eigenvalue weighted by Gasteiger charge is 2.73. The van der Waals surface area contributed by atoms with Crippen molar-refractivity contribution in [2.45, 2.75) is 102 Å². The van der Waals surface area contributed by atoms with Gasteiger partial charge in [0.05, 0.1) is 24.7 Å². The molecule has 0 bridgehead atoms. The number of halogens is 2. The van der Waals surface area contributed by atoms with Gasteiger partial charge in [-0.1, -0.05) is 45.9 Å². The Labute approximate surface area is 300 Å². The van der Waals surface area contributed by atoms with Crippen LogP contribution in [0.25, 0.3) is 0 Å².